The zero-order chi connectivity index (χ0) is 19.8. The number of benzene rings is 2. The Morgan fingerprint density at radius 3 is 2.86 bits per heavy atom. The number of amides is 2. The molecule has 0 aliphatic carbocycles. The highest BCUT2D eigenvalue weighted by Crippen LogP contribution is 2.32. The van der Waals surface area contributed by atoms with Crippen molar-refractivity contribution in [2.24, 2.45) is 0 Å². The molecule has 2 aromatic carbocycles. The first-order valence-corrected chi connectivity index (χ1v) is 8.66. The number of anilines is 2. The second kappa shape index (κ2) is 6.80. The maximum atomic E-state index is 13.3. The Kier molecular flexibility index (Phi) is 4.31. The molecule has 7 nitrogen and oxygen atoms in total. The van der Waals surface area contributed by atoms with Crippen LogP contribution in [0.5, 0.6) is 5.75 Å². The minimum absolute atomic E-state index is 0.204. The molecule has 1 aromatic heterocycles. The number of hydrogen-bond donors (Lipinski definition) is 2. The third kappa shape index (κ3) is 3.32. The molecule has 2 heterocycles. The van der Waals surface area contributed by atoms with E-state index in [2.05, 4.69) is 15.7 Å². The summed E-state index contributed by atoms with van der Waals surface area (Å²) in [5.41, 5.74) is 2.58. The Bertz CT molecular complexity index is 1090. The lowest BCUT2D eigenvalue weighted by Crippen LogP contribution is -2.34. The van der Waals surface area contributed by atoms with Crippen LogP contribution in [0.3, 0.4) is 0 Å². The van der Waals surface area contributed by atoms with Crippen LogP contribution in [0.2, 0.25) is 0 Å². The van der Waals surface area contributed by atoms with Crippen molar-refractivity contribution in [2.75, 3.05) is 10.6 Å². The van der Waals surface area contributed by atoms with Crippen molar-refractivity contribution in [1.29, 1.82) is 0 Å². The summed E-state index contributed by atoms with van der Waals surface area (Å²) in [4.78, 5) is 24.3. The van der Waals surface area contributed by atoms with Crippen molar-refractivity contribution in [2.45, 2.75) is 20.0 Å². The van der Waals surface area contributed by atoms with Crippen molar-refractivity contribution in [3.8, 4) is 11.4 Å². The second-order valence-electron chi connectivity index (χ2n) is 6.49. The SMILES string of the molecule is Cc1cc(F)ccc1-n1ccc(C(=O)Nc2ccc3c(c2)NC(=O)C(C)O3)n1. The first-order chi connectivity index (χ1) is 13.4. The number of aryl methyl sites for hydroxylation is 1. The number of hydrogen-bond acceptors (Lipinski definition) is 4. The lowest BCUT2D eigenvalue weighted by Gasteiger charge is -2.23. The molecule has 4 rings (SSSR count). The number of nitrogens with one attached hydrogen (secondary N) is 2. The third-order valence-corrected chi connectivity index (χ3v) is 4.40. The number of ether oxygens (including phenoxy) is 1. The number of nitrogens with zero attached hydrogens (tertiary/aromatic N) is 2. The predicted molar refractivity (Wildman–Crippen MR) is 101 cm³/mol. The third-order valence-electron chi connectivity index (χ3n) is 4.40. The summed E-state index contributed by atoms with van der Waals surface area (Å²) < 4.78 is 20.3. The summed E-state index contributed by atoms with van der Waals surface area (Å²) in [5.74, 6) is -0.440. The monoisotopic (exact) mass is 380 g/mol. The average Bonchev–Trinajstić information content (AvgIpc) is 3.13. The van der Waals surface area contributed by atoms with Crippen LogP contribution in [0, 0.1) is 12.7 Å². The van der Waals surface area contributed by atoms with E-state index in [0.29, 0.717) is 28.4 Å². The van der Waals surface area contributed by atoms with E-state index in [-0.39, 0.29) is 17.4 Å². The summed E-state index contributed by atoms with van der Waals surface area (Å²) in [7, 11) is 0. The number of aromatic nitrogens is 2. The molecule has 1 aliphatic heterocycles. The summed E-state index contributed by atoms with van der Waals surface area (Å²) >= 11 is 0. The van der Waals surface area contributed by atoms with Gasteiger partial charge in [0.15, 0.2) is 11.8 Å². The van der Waals surface area contributed by atoms with Crippen molar-refractivity contribution in [1.82, 2.24) is 9.78 Å². The van der Waals surface area contributed by atoms with Gasteiger partial charge in [0, 0.05) is 11.9 Å². The number of carbonyl (C=O) groups is 2. The standard InChI is InChI=1S/C20H17FN4O3/c1-11-9-13(21)3-5-17(11)25-8-7-15(24-25)20(27)22-14-4-6-18-16(10-14)23-19(26)12(2)28-18/h3-10,12H,1-2H3,(H,22,27)(H,23,26). The molecule has 8 heteroatoms. The number of halogens is 1. The van der Waals surface area contributed by atoms with Crippen molar-refractivity contribution < 1.29 is 18.7 Å². The molecule has 0 fully saturated rings. The Morgan fingerprint density at radius 2 is 2.07 bits per heavy atom. The number of rotatable bonds is 3. The highest BCUT2D eigenvalue weighted by atomic mass is 19.1. The van der Waals surface area contributed by atoms with Crippen LogP contribution in [0.1, 0.15) is 23.0 Å². The predicted octanol–water partition coefficient (Wildman–Crippen LogP) is 3.29. The van der Waals surface area contributed by atoms with Crippen molar-refractivity contribution >= 4 is 23.2 Å². The zero-order valence-electron chi connectivity index (χ0n) is 15.2. The topological polar surface area (TPSA) is 85.2 Å². The Labute approximate surface area is 160 Å². The van der Waals surface area contributed by atoms with Crippen LogP contribution >= 0.6 is 0 Å². The van der Waals surface area contributed by atoms with E-state index in [1.807, 2.05) is 0 Å². The highest BCUT2D eigenvalue weighted by Gasteiger charge is 2.23. The van der Waals surface area contributed by atoms with E-state index in [4.69, 9.17) is 4.74 Å². The molecule has 1 aliphatic rings. The van der Waals surface area contributed by atoms with Gasteiger partial charge in [0.05, 0.1) is 11.4 Å². The molecule has 142 valence electrons. The van der Waals surface area contributed by atoms with E-state index in [0.717, 1.165) is 0 Å². The molecule has 0 radical (unpaired) electrons. The van der Waals surface area contributed by atoms with Gasteiger partial charge in [-0.3, -0.25) is 9.59 Å². The molecule has 2 N–H and O–H groups in total. The molecular formula is C20H17FN4O3. The van der Waals surface area contributed by atoms with E-state index in [1.54, 1.807) is 50.4 Å². The molecule has 1 atom stereocenters. The van der Waals surface area contributed by atoms with Gasteiger partial charge >= 0.3 is 0 Å². The average molecular weight is 380 g/mol. The van der Waals surface area contributed by atoms with Crippen LogP contribution < -0.4 is 15.4 Å². The van der Waals surface area contributed by atoms with Gasteiger partial charge in [-0.1, -0.05) is 0 Å². The van der Waals surface area contributed by atoms with Crippen LogP contribution in [0.4, 0.5) is 15.8 Å². The van der Waals surface area contributed by atoms with Crippen molar-refractivity contribution in [3.63, 3.8) is 0 Å². The fourth-order valence-electron chi connectivity index (χ4n) is 2.94. The van der Waals surface area contributed by atoms with Gasteiger partial charge in [-0.2, -0.15) is 5.10 Å². The lowest BCUT2D eigenvalue weighted by atomic mass is 10.2. The van der Waals surface area contributed by atoms with Gasteiger partial charge in [0.1, 0.15) is 11.6 Å². The van der Waals surface area contributed by atoms with Gasteiger partial charge in [0.2, 0.25) is 0 Å². The van der Waals surface area contributed by atoms with Gasteiger partial charge in [-0.25, -0.2) is 9.07 Å². The number of carbonyl (C=O) groups excluding carboxylic acids is 2. The number of fused-ring (bicyclic) bond motifs is 1. The van der Waals surface area contributed by atoms with Crippen LogP contribution in [-0.2, 0) is 4.79 Å². The molecule has 0 saturated carbocycles. The molecule has 0 bridgehead atoms. The fraction of sp³-hybridized carbons (Fsp3) is 0.150. The van der Waals surface area contributed by atoms with E-state index in [1.165, 1.54) is 16.8 Å². The summed E-state index contributed by atoms with van der Waals surface area (Å²) in [5, 5.41) is 9.74. The van der Waals surface area contributed by atoms with Gasteiger partial charge in [0.25, 0.3) is 11.8 Å². The lowest BCUT2D eigenvalue weighted by molar-refractivity contribution is -0.122. The molecule has 28 heavy (non-hydrogen) atoms. The summed E-state index contributed by atoms with van der Waals surface area (Å²) in [6, 6.07) is 10.9. The normalized spacial score (nSPS) is 15.4. The Balaban J connectivity index is 1.53. The van der Waals surface area contributed by atoms with E-state index >= 15 is 0 Å². The first-order valence-electron chi connectivity index (χ1n) is 8.66. The van der Waals surface area contributed by atoms with Crippen LogP contribution in [0.15, 0.2) is 48.7 Å². The Hall–Kier alpha value is -3.68. The van der Waals surface area contributed by atoms with Gasteiger partial charge in [-0.15, -0.1) is 0 Å². The highest BCUT2D eigenvalue weighted by molar-refractivity contribution is 6.04. The molecule has 2 amide bonds. The van der Waals surface area contributed by atoms with E-state index in [9.17, 15) is 14.0 Å². The molecule has 0 spiro atoms. The zero-order valence-corrected chi connectivity index (χ0v) is 15.2. The maximum absolute atomic E-state index is 13.3. The van der Waals surface area contributed by atoms with Crippen molar-refractivity contribution in [3.05, 3.63) is 65.7 Å². The minimum Gasteiger partial charge on any atom is -0.479 e. The van der Waals surface area contributed by atoms with Gasteiger partial charge in [-0.05, 0) is 61.9 Å². The van der Waals surface area contributed by atoms with E-state index < -0.39 is 12.0 Å². The fourth-order valence-corrected chi connectivity index (χ4v) is 2.94. The molecule has 3 aromatic rings. The Morgan fingerprint density at radius 1 is 1.25 bits per heavy atom. The molecule has 0 saturated heterocycles. The van der Waals surface area contributed by atoms with Gasteiger partial charge < -0.3 is 15.4 Å². The summed E-state index contributed by atoms with van der Waals surface area (Å²) in [6.45, 7) is 3.43. The minimum atomic E-state index is -0.563. The first kappa shape index (κ1) is 17.7. The van der Waals surface area contributed by atoms with Crippen LogP contribution in [0.25, 0.3) is 5.69 Å². The largest absolute Gasteiger partial charge is 0.479 e. The summed E-state index contributed by atoms with van der Waals surface area (Å²) in [6.07, 6.45) is 1.07. The smallest absolute Gasteiger partial charge is 0.276 e. The molecular weight excluding hydrogens is 363 g/mol. The second-order valence-corrected chi connectivity index (χ2v) is 6.49. The quantitative estimate of drug-likeness (QED) is 0.730. The maximum Gasteiger partial charge on any atom is 0.276 e. The molecule has 1 unspecified atom stereocenters. The van der Waals surface area contributed by atoms with Crippen LogP contribution in [-0.4, -0.2) is 27.7 Å².